The minimum absolute atomic E-state index is 0.117. The Kier molecular flexibility index (Phi) is 5.12. The Morgan fingerprint density at radius 2 is 1.96 bits per heavy atom. The fourth-order valence-electron chi connectivity index (χ4n) is 5.95. The van der Waals surface area contributed by atoms with Gasteiger partial charge in [-0.05, 0) is 32.6 Å². The van der Waals surface area contributed by atoms with Crippen LogP contribution < -0.4 is 10.6 Å². The highest BCUT2D eigenvalue weighted by atomic mass is 16.5. The third-order valence-electron chi connectivity index (χ3n) is 7.23. The molecule has 0 aromatic rings. The molecule has 3 N–H and O–H groups in total. The molecular weight excluding hydrogens is 362 g/mol. The molecule has 6 atom stereocenters. The van der Waals surface area contributed by atoms with Gasteiger partial charge in [0.15, 0.2) is 0 Å². The van der Waals surface area contributed by atoms with Crippen LogP contribution in [0.3, 0.4) is 0 Å². The van der Waals surface area contributed by atoms with Crippen LogP contribution in [0, 0.1) is 11.8 Å². The van der Waals surface area contributed by atoms with E-state index in [1.54, 1.807) is 14.0 Å². The molecule has 156 valence electrons. The van der Waals surface area contributed by atoms with Gasteiger partial charge in [0.25, 0.3) is 0 Å². The molecule has 8 nitrogen and oxygen atoms in total. The second kappa shape index (κ2) is 7.30. The number of nitrogens with zero attached hydrogens (tertiary/aromatic N) is 1. The van der Waals surface area contributed by atoms with E-state index in [9.17, 15) is 19.5 Å². The van der Waals surface area contributed by atoms with E-state index in [0.29, 0.717) is 12.8 Å². The Labute approximate surface area is 165 Å². The van der Waals surface area contributed by atoms with E-state index in [-0.39, 0.29) is 36.5 Å². The molecule has 0 aromatic heterocycles. The third-order valence-corrected chi connectivity index (χ3v) is 7.23. The average molecular weight is 393 g/mol. The maximum absolute atomic E-state index is 13.4. The highest BCUT2D eigenvalue weighted by molar-refractivity contribution is 5.99. The first-order valence-electron chi connectivity index (χ1n) is 10.6. The molecule has 3 amide bonds. The summed E-state index contributed by atoms with van der Waals surface area (Å²) in [7, 11) is 1.56. The number of aliphatic hydroxyl groups is 1. The van der Waals surface area contributed by atoms with Gasteiger partial charge in [0.1, 0.15) is 11.6 Å². The maximum Gasteiger partial charge on any atom is 0.246 e. The van der Waals surface area contributed by atoms with Crippen molar-refractivity contribution in [3.8, 4) is 0 Å². The van der Waals surface area contributed by atoms with E-state index in [1.807, 2.05) is 0 Å². The van der Waals surface area contributed by atoms with Gasteiger partial charge in [0.2, 0.25) is 17.7 Å². The second-order valence-corrected chi connectivity index (χ2v) is 8.79. The molecule has 3 aliphatic heterocycles. The normalized spacial score (nSPS) is 38.4. The van der Waals surface area contributed by atoms with Gasteiger partial charge in [-0.1, -0.05) is 19.3 Å². The molecule has 2 bridgehead atoms. The van der Waals surface area contributed by atoms with Crippen molar-refractivity contribution in [3.63, 3.8) is 0 Å². The van der Waals surface area contributed by atoms with E-state index in [2.05, 4.69) is 10.6 Å². The zero-order valence-electron chi connectivity index (χ0n) is 16.6. The van der Waals surface area contributed by atoms with Gasteiger partial charge in [-0.3, -0.25) is 14.4 Å². The minimum Gasteiger partial charge on any atom is -0.394 e. The van der Waals surface area contributed by atoms with Crippen molar-refractivity contribution in [3.05, 3.63) is 0 Å². The van der Waals surface area contributed by atoms with Crippen LogP contribution in [0.5, 0.6) is 0 Å². The van der Waals surface area contributed by atoms with Crippen LogP contribution in [0.15, 0.2) is 0 Å². The van der Waals surface area contributed by atoms with Gasteiger partial charge in [0.05, 0.1) is 30.6 Å². The molecule has 1 spiro atoms. The lowest BCUT2D eigenvalue weighted by Crippen LogP contribution is -2.59. The third kappa shape index (κ3) is 2.76. The summed E-state index contributed by atoms with van der Waals surface area (Å²) in [6, 6.07) is -1.19. The zero-order valence-corrected chi connectivity index (χ0v) is 16.6. The highest BCUT2D eigenvalue weighted by Gasteiger charge is 2.74. The van der Waals surface area contributed by atoms with Crippen LogP contribution in [0.4, 0.5) is 0 Å². The molecule has 8 heteroatoms. The Balaban J connectivity index is 1.67. The van der Waals surface area contributed by atoms with Crippen molar-refractivity contribution < 1.29 is 24.2 Å². The summed E-state index contributed by atoms with van der Waals surface area (Å²) < 4.78 is 6.27. The molecule has 1 saturated carbocycles. The van der Waals surface area contributed by atoms with Gasteiger partial charge in [-0.15, -0.1) is 0 Å². The number of carbonyl (C=O) groups excluding carboxylic acids is 3. The van der Waals surface area contributed by atoms with Gasteiger partial charge in [0, 0.05) is 13.1 Å². The number of nitrogens with one attached hydrogen (secondary N) is 2. The lowest BCUT2D eigenvalue weighted by molar-refractivity contribution is -0.145. The van der Waals surface area contributed by atoms with Crippen LogP contribution in [0.1, 0.15) is 51.9 Å². The molecular formula is C20H31N3O5. The van der Waals surface area contributed by atoms with E-state index < -0.39 is 29.5 Å². The quantitative estimate of drug-likeness (QED) is 0.606. The Morgan fingerprint density at radius 1 is 1.25 bits per heavy atom. The lowest BCUT2D eigenvalue weighted by Gasteiger charge is -2.36. The molecule has 28 heavy (non-hydrogen) atoms. The number of amides is 3. The highest BCUT2D eigenvalue weighted by Crippen LogP contribution is 2.58. The summed E-state index contributed by atoms with van der Waals surface area (Å²) in [4.78, 5) is 40.8. The number of aliphatic hydroxyl groups excluding tert-OH is 1. The standard InChI is InChI=1S/C20H31N3O5/c1-11(10-24)23-16(18(26)22-12-6-4-3-5-7-12)20-9-8-13(28-20)14(17(25)21-2)15(20)19(23)27/h11-16,24H,3-10H2,1-2H3,(H,21,25)(H,22,26)/t11-,13-,14+,15+,16?,20?/m1/s1. The Bertz CT molecular complexity index is 664. The summed E-state index contributed by atoms with van der Waals surface area (Å²) >= 11 is 0. The van der Waals surface area contributed by atoms with Gasteiger partial charge >= 0.3 is 0 Å². The fraction of sp³-hybridized carbons (Fsp3) is 0.850. The van der Waals surface area contributed by atoms with Gasteiger partial charge in [-0.25, -0.2) is 0 Å². The second-order valence-electron chi connectivity index (χ2n) is 8.79. The fourth-order valence-corrected chi connectivity index (χ4v) is 5.95. The smallest absolute Gasteiger partial charge is 0.246 e. The maximum atomic E-state index is 13.4. The molecule has 0 aromatic carbocycles. The molecule has 2 unspecified atom stereocenters. The molecule has 1 aliphatic carbocycles. The molecule has 4 fully saturated rings. The first-order chi connectivity index (χ1) is 13.4. The van der Waals surface area contributed by atoms with Crippen molar-refractivity contribution in [1.82, 2.24) is 15.5 Å². The molecule has 4 aliphatic rings. The SMILES string of the molecule is CNC(=O)[C@@H]1[C@H]2C(=O)N([C@H](C)CO)C(C(=O)NC3CCCCC3)C23CC[C@H]1O3. The summed E-state index contributed by atoms with van der Waals surface area (Å²) in [6.45, 7) is 1.49. The largest absolute Gasteiger partial charge is 0.394 e. The van der Waals surface area contributed by atoms with E-state index in [4.69, 9.17) is 4.74 Å². The molecule has 0 radical (unpaired) electrons. The first-order valence-corrected chi connectivity index (χ1v) is 10.6. The lowest BCUT2D eigenvalue weighted by atomic mass is 9.70. The molecule has 4 rings (SSSR count). The van der Waals surface area contributed by atoms with Crippen molar-refractivity contribution in [2.24, 2.45) is 11.8 Å². The van der Waals surface area contributed by atoms with Crippen molar-refractivity contribution >= 4 is 17.7 Å². The number of fused-ring (bicyclic) bond motifs is 1. The van der Waals surface area contributed by atoms with Crippen LogP contribution in [-0.4, -0.2) is 71.2 Å². The number of hydrogen-bond donors (Lipinski definition) is 3. The van der Waals surface area contributed by atoms with Gasteiger partial charge in [-0.2, -0.15) is 0 Å². The predicted octanol–water partition coefficient (Wildman–Crippen LogP) is -0.0633. The van der Waals surface area contributed by atoms with E-state index in [1.165, 1.54) is 11.3 Å². The summed E-state index contributed by atoms with van der Waals surface area (Å²) in [5, 5.41) is 15.5. The Hall–Kier alpha value is -1.67. The van der Waals surface area contributed by atoms with Crippen LogP contribution >= 0.6 is 0 Å². The van der Waals surface area contributed by atoms with Crippen LogP contribution in [0.2, 0.25) is 0 Å². The summed E-state index contributed by atoms with van der Waals surface area (Å²) in [5.74, 6) is -1.91. The first kappa shape index (κ1) is 19.6. The van der Waals surface area contributed by atoms with Crippen LogP contribution in [0.25, 0.3) is 0 Å². The number of carbonyl (C=O) groups is 3. The number of likely N-dealkylation sites (tertiary alicyclic amines) is 1. The van der Waals surface area contributed by atoms with Gasteiger partial charge < -0.3 is 25.4 Å². The average Bonchev–Trinajstić information content (AvgIpc) is 3.34. The molecule has 3 saturated heterocycles. The number of rotatable bonds is 5. The minimum atomic E-state index is -0.971. The Morgan fingerprint density at radius 3 is 2.61 bits per heavy atom. The monoisotopic (exact) mass is 393 g/mol. The molecule has 3 heterocycles. The predicted molar refractivity (Wildman–Crippen MR) is 100 cm³/mol. The van der Waals surface area contributed by atoms with Crippen molar-refractivity contribution in [1.29, 1.82) is 0 Å². The van der Waals surface area contributed by atoms with Crippen LogP contribution in [-0.2, 0) is 19.1 Å². The number of ether oxygens (including phenoxy) is 1. The summed E-state index contributed by atoms with van der Waals surface area (Å²) in [5.41, 5.74) is -0.971. The topological polar surface area (TPSA) is 108 Å². The number of hydrogen-bond acceptors (Lipinski definition) is 5. The van der Waals surface area contributed by atoms with Crippen molar-refractivity contribution in [2.45, 2.75) is 81.7 Å². The van der Waals surface area contributed by atoms with E-state index >= 15 is 0 Å². The zero-order chi connectivity index (χ0) is 20.1. The van der Waals surface area contributed by atoms with Crippen molar-refractivity contribution in [2.75, 3.05) is 13.7 Å². The van der Waals surface area contributed by atoms with E-state index in [0.717, 1.165) is 25.7 Å². The summed E-state index contributed by atoms with van der Waals surface area (Å²) in [6.07, 6.45) is 6.19.